The highest BCUT2D eigenvalue weighted by Gasteiger charge is 2.21. The maximum atomic E-state index is 12.6. The fraction of sp³-hybridized carbons (Fsp3) is 0.185. The molecule has 10 heteroatoms. The van der Waals surface area contributed by atoms with E-state index >= 15 is 0 Å². The van der Waals surface area contributed by atoms with Gasteiger partial charge in [-0.25, -0.2) is 9.48 Å². The average Bonchev–Trinajstić information content (AvgIpc) is 3.53. The molecule has 2 N–H and O–H groups in total. The number of nitrogens with zero attached hydrogens (tertiary/aromatic N) is 3. The lowest BCUT2D eigenvalue weighted by molar-refractivity contribution is -0.136. The number of carbonyl (C=O) groups is 2. The van der Waals surface area contributed by atoms with Gasteiger partial charge in [-0.05, 0) is 48.2 Å². The van der Waals surface area contributed by atoms with E-state index in [2.05, 4.69) is 27.8 Å². The zero-order chi connectivity index (χ0) is 26.1. The highest BCUT2D eigenvalue weighted by molar-refractivity contribution is 7.31. The Morgan fingerprint density at radius 2 is 1.76 bits per heavy atom. The smallest absolute Gasteiger partial charge is 0.413 e. The SMILES string of the molecule is Cc1cc(CC(=O)O)ccc1-c1cc2sc(-c3nnn(C)c3NC(=O)O[C@H](C)c3ccccc3)cc2s1. The Balaban J connectivity index is 1.36. The predicted octanol–water partition coefficient (Wildman–Crippen LogP) is 6.67. The summed E-state index contributed by atoms with van der Waals surface area (Å²) in [5, 5.41) is 20.2. The molecule has 8 nitrogen and oxygen atoms in total. The van der Waals surface area contributed by atoms with Gasteiger partial charge in [0.25, 0.3) is 0 Å². The molecule has 0 fully saturated rings. The summed E-state index contributed by atoms with van der Waals surface area (Å²) in [6.07, 6.45) is -0.972. The average molecular weight is 533 g/mol. The molecule has 0 radical (unpaired) electrons. The third-order valence-corrected chi connectivity index (χ3v) is 8.29. The zero-order valence-electron chi connectivity index (χ0n) is 20.4. The molecule has 3 heterocycles. The molecule has 5 aromatic rings. The molecule has 188 valence electrons. The molecule has 1 atom stereocenters. The molecule has 0 aliphatic rings. The van der Waals surface area contributed by atoms with Crippen LogP contribution in [0, 0.1) is 6.92 Å². The number of carboxylic acids is 1. The molecule has 0 saturated carbocycles. The first-order valence-electron chi connectivity index (χ1n) is 11.6. The minimum absolute atomic E-state index is 0.0111. The van der Waals surface area contributed by atoms with Crippen molar-refractivity contribution in [3.8, 4) is 21.0 Å². The van der Waals surface area contributed by atoms with E-state index in [1.54, 1.807) is 29.7 Å². The van der Waals surface area contributed by atoms with Crippen molar-refractivity contribution in [1.82, 2.24) is 15.0 Å². The van der Waals surface area contributed by atoms with E-state index in [-0.39, 0.29) is 6.42 Å². The Morgan fingerprint density at radius 3 is 2.46 bits per heavy atom. The quantitative estimate of drug-likeness (QED) is 0.242. The van der Waals surface area contributed by atoms with E-state index < -0.39 is 18.2 Å². The van der Waals surface area contributed by atoms with E-state index in [0.717, 1.165) is 41.4 Å². The van der Waals surface area contributed by atoms with Gasteiger partial charge in [0, 0.05) is 21.3 Å². The molecule has 5 rings (SSSR count). The van der Waals surface area contributed by atoms with Crippen LogP contribution in [-0.4, -0.2) is 32.2 Å². The van der Waals surface area contributed by atoms with Crippen LogP contribution < -0.4 is 5.32 Å². The van der Waals surface area contributed by atoms with Crippen molar-refractivity contribution in [3.05, 3.63) is 77.4 Å². The van der Waals surface area contributed by atoms with Crippen LogP contribution >= 0.6 is 22.7 Å². The Labute approximate surface area is 221 Å². The second-order valence-corrected chi connectivity index (χ2v) is 10.8. The Bertz CT molecular complexity index is 1570. The van der Waals surface area contributed by atoms with Crippen LogP contribution in [0.5, 0.6) is 0 Å². The van der Waals surface area contributed by atoms with Crippen LogP contribution in [0.3, 0.4) is 0 Å². The van der Waals surface area contributed by atoms with Crippen molar-refractivity contribution in [3.63, 3.8) is 0 Å². The first kappa shape index (κ1) is 24.7. The number of nitrogens with one attached hydrogen (secondary N) is 1. The number of thiophene rings is 2. The lowest BCUT2D eigenvalue weighted by atomic mass is 10.0. The number of aromatic nitrogens is 3. The molecule has 0 aliphatic heterocycles. The zero-order valence-corrected chi connectivity index (χ0v) is 22.0. The van der Waals surface area contributed by atoms with Crippen LogP contribution in [-0.2, 0) is 23.0 Å². The second kappa shape index (κ2) is 10.2. The molecule has 0 spiro atoms. The second-order valence-electron chi connectivity index (χ2n) is 8.66. The first-order valence-corrected chi connectivity index (χ1v) is 13.2. The van der Waals surface area contributed by atoms with Crippen molar-refractivity contribution in [2.75, 3.05) is 5.32 Å². The number of aliphatic carboxylic acids is 1. The molecule has 0 bridgehead atoms. The monoisotopic (exact) mass is 532 g/mol. The third kappa shape index (κ3) is 5.25. The summed E-state index contributed by atoms with van der Waals surface area (Å²) in [6.45, 7) is 3.82. The predicted molar refractivity (Wildman–Crippen MR) is 146 cm³/mol. The number of benzene rings is 2. The van der Waals surface area contributed by atoms with E-state index in [1.165, 1.54) is 4.68 Å². The van der Waals surface area contributed by atoms with Gasteiger partial charge in [-0.15, -0.1) is 27.8 Å². The Kier molecular flexibility index (Phi) is 6.77. The molecule has 2 aromatic carbocycles. The fourth-order valence-corrected chi connectivity index (χ4v) is 6.59. The molecule has 0 aliphatic carbocycles. The lowest BCUT2D eigenvalue weighted by Crippen LogP contribution is -2.18. The van der Waals surface area contributed by atoms with E-state index in [1.807, 2.05) is 62.4 Å². The minimum atomic E-state index is -0.840. The number of carboxylic acid groups (broad SMARTS) is 1. The first-order chi connectivity index (χ1) is 17.8. The largest absolute Gasteiger partial charge is 0.481 e. The number of aryl methyl sites for hydroxylation is 2. The summed E-state index contributed by atoms with van der Waals surface area (Å²) < 4.78 is 9.27. The van der Waals surface area contributed by atoms with E-state index in [0.29, 0.717) is 11.5 Å². The van der Waals surface area contributed by atoms with Crippen molar-refractivity contribution in [2.45, 2.75) is 26.4 Å². The molecule has 3 aromatic heterocycles. The normalized spacial score (nSPS) is 12.0. The topological polar surface area (TPSA) is 106 Å². The highest BCUT2D eigenvalue weighted by Crippen LogP contribution is 2.43. The van der Waals surface area contributed by atoms with Crippen LogP contribution in [0.25, 0.3) is 30.4 Å². The summed E-state index contributed by atoms with van der Waals surface area (Å²) in [5.41, 5.74) is 4.39. The lowest BCUT2D eigenvalue weighted by Gasteiger charge is -2.14. The standard InChI is InChI=1S/C27H24N4O4S2/c1-15-11-17(12-24(32)33)9-10-19(15)20-13-21-22(36-20)14-23(37-21)25-26(31(3)30-29-25)28-27(34)35-16(2)18-7-5-4-6-8-18/h4-11,13-14,16H,12H2,1-3H3,(H,28,34)(H,32,33)/t16-/m1/s1. The van der Waals surface area contributed by atoms with Gasteiger partial charge in [0.15, 0.2) is 5.82 Å². The van der Waals surface area contributed by atoms with Gasteiger partial charge in [-0.2, -0.15) is 0 Å². The van der Waals surface area contributed by atoms with Gasteiger partial charge in [0.1, 0.15) is 11.8 Å². The van der Waals surface area contributed by atoms with Crippen molar-refractivity contribution in [1.29, 1.82) is 0 Å². The number of carbonyl (C=O) groups excluding carboxylic acids is 1. The van der Waals surface area contributed by atoms with Crippen molar-refractivity contribution >= 4 is 50.0 Å². The highest BCUT2D eigenvalue weighted by atomic mass is 32.1. The van der Waals surface area contributed by atoms with Crippen LogP contribution in [0.4, 0.5) is 10.6 Å². The number of ether oxygens (including phenoxy) is 1. The van der Waals surface area contributed by atoms with Gasteiger partial charge in [-0.3, -0.25) is 10.1 Å². The number of hydrogen-bond donors (Lipinski definition) is 2. The van der Waals surface area contributed by atoms with Gasteiger partial charge < -0.3 is 9.84 Å². The molecule has 37 heavy (non-hydrogen) atoms. The summed E-state index contributed by atoms with van der Waals surface area (Å²) in [7, 11) is 1.72. The third-order valence-electron chi connectivity index (χ3n) is 5.95. The van der Waals surface area contributed by atoms with Crippen LogP contribution in [0.1, 0.15) is 29.7 Å². The number of rotatable bonds is 7. The fourth-order valence-electron chi connectivity index (χ4n) is 4.11. The minimum Gasteiger partial charge on any atom is -0.481 e. The van der Waals surface area contributed by atoms with E-state index in [4.69, 9.17) is 9.84 Å². The molecule has 0 unspecified atom stereocenters. The van der Waals surface area contributed by atoms with Crippen molar-refractivity contribution < 1.29 is 19.4 Å². The summed E-state index contributed by atoms with van der Waals surface area (Å²) >= 11 is 3.23. The molecule has 0 saturated heterocycles. The number of amides is 1. The number of hydrogen-bond acceptors (Lipinski definition) is 7. The van der Waals surface area contributed by atoms with Crippen LogP contribution in [0.15, 0.2) is 60.7 Å². The summed E-state index contributed by atoms with van der Waals surface area (Å²) in [5.74, 6) is -0.377. The van der Waals surface area contributed by atoms with Gasteiger partial charge in [0.05, 0.1) is 11.3 Å². The van der Waals surface area contributed by atoms with Crippen LogP contribution in [0.2, 0.25) is 0 Å². The summed E-state index contributed by atoms with van der Waals surface area (Å²) in [4.78, 5) is 25.7. The molecular weight excluding hydrogens is 508 g/mol. The maximum Gasteiger partial charge on any atom is 0.413 e. The van der Waals surface area contributed by atoms with Gasteiger partial charge >= 0.3 is 12.1 Å². The van der Waals surface area contributed by atoms with E-state index in [9.17, 15) is 9.59 Å². The Hall–Kier alpha value is -4.02. The van der Waals surface area contributed by atoms with Crippen molar-refractivity contribution in [2.24, 2.45) is 7.05 Å². The van der Waals surface area contributed by atoms with Gasteiger partial charge in [-0.1, -0.05) is 53.7 Å². The number of anilines is 1. The molecule has 1 amide bonds. The Morgan fingerprint density at radius 1 is 1.05 bits per heavy atom. The maximum absolute atomic E-state index is 12.6. The summed E-state index contributed by atoms with van der Waals surface area (Å²) in [6, 6.07) is 19.5. The molecular formula is C27H24N4O4S2. The number of fused-ring (bicyclic) bond motifs is 1. The van der Waals surface area contributed by atoms with Gasteiger partial charge in [0.2, 0.25) is 0 Å².